The Hall–Kier alpha value is -4.11. The molecule has 156 valence electrons. The van der Waals surface area contributed by atoms with Crippen LogP contribution in [0.15, 0.2) is 67.3 Å². The van der Waals surface area contributed by atoms with Crippen LogP contribution in [0.4, 0.5) is 5.82 Å². The average molecular weight is 442 g/mol. The van der Waals surface area contributed by atoms with Gasteiger partial charge in [0.25, 0.3) is 0 Å². The zero-order valence-corrected chi connectivity index (χ0v) is 17.5. The quantitative estimate of drug-likeness (QED) is 0.435. The molecule has 0 unspecified atom stereocenters. The van der Waals surface area contributed by atoms with Crippen LogP contribution in [0.3, 0.4) is 0 Å². The molecule has 6 rings (SSSR count). The zero-order chi connectivity index (χ0) is 21.5. The third kappa shape index (κ3) is 3.10. The lowest BCUT2D eigenvalue weighted by molar-refractivity contribution is 0.718. The van der Waals surface area contributed by atoms with Crippen LogP contribution in [0.5, 0.6) is 0 Å². The minimum absolute atomic E-state index is 0.383. The van der Waals surface area contributed by atoms with Crippen molar-refractivity contribution in [3.63, 3.8) is 0 Å². The molecule has 0 saturated carbocycles. The Morgan fingerprint density at radius 2 is 1.66 bits per heavy atom. The first-order valence-corrected chi connectivity index (χ1v) is 10.4. The highest BCUT2D eigenvalue weighted by atomic mass is 35.5. The van der Waals surface area contributed by atoms with E-state index >= 15 is 0 Å². The number of fused-ring (bicyclic) bond motifs is 4. The molecule has 0 bridgehead atoms. The number of benzene rings is 2. The van der Waals surface area contributed by atoms with E-state index in [1.165, 1.54) is 6.33 Å². The van der Waals surface area contributed by atoms with E-state index in [1.807, 2.05) is 47.0 Å². The number of anilines is 1. The topological polar surface area (TPSA) is 98.7 Å². The number of imidazole rings is 1. The fourth-order valence-corrected chi connectivity index (χ4v) is 3.98. The molecule has 0 aliphatic rings. The van der Waals surface area contributed by atoms with Crippen molar-refractivity contribution >= 4 is 45.0 Å². The van der Waals surface area contributed by atoms with Crippen LogP contribution in [-0.4, -0.2) is 39.3 Å². The summed E-state index contributed by atoms with van der Waals surface area (Å²) >= 11 is 6.41. The summed E-state index contributed by atoms with van der Waals surface area (Å²) in [7, 11) is 0. The number of halogens is 1. The van der Waals surface area contributed by atoms with E-state index < -0.39 is 0 Å². The SMILES string of the molecule is Clc1nn2c(Cn3cnc4c(NCc5ccccc5)ncnc43)nnc2c2ccccc12. The summed E-state index contributed by atoms with van der Waals surface area (Å²) in [6.45, 7) is 1.03. The largest absolute Gasteiger partial charge is 0.364 e. The highest BCUT2D eigenvalue weighted by molar-refractivity contribution is 6.34. The van der Waals surface area contributed by atoms with Crippen molar-refractivity contribution in [2.45, 2.75) is 13.1 Å². The van der Waals surface area contributed by atoms with E-state index in [9.17, 15) is 0 Å². The zero-order valence-electron chi connectivity index (χ0n) is 16.7. The van der Waals surface area contributed by atoms with E-state index in [1.54, 1.807) is 10.8 Å². The van der Waals surface area contributed by atoms with E-state index in [-0.39, 0.29) is 0 Å². The Kier molecular flexibility index (Phi) is 4.39. The van der Waals surface area contributed by atoms with E-state index in [0.717, 1.165) is 16.3 Å². The van der Waals surface area contributed by atoms with Gasteiger partial charge in [-0.3, -0.25) is 0 Å². The number of nitrogens with zero attached hydrogens (tertiary/aromatic N) is 8. The number of hydrogen-bond acceptors (Lipinski definition) is 7. The second kappa shape index (κ2) is 7.54. The third-order valence-corrected chi connectivity index (χ3v) is 5.58. The summed E-state index contributed by atoms with van der Waals surface area (Å²) in [5.74, 6) is 1.31. The van der Waals surface area contributed by atoms with Gasteiger partial charge >= 0.3 is 0 Å². The van der Waals surface area contributed by atoms with Gasteiger partial charge in [-0.05, 0) is 5.56 Å². The van der Waals surface area contributed by atoms with Gasteiger partial charge in [0.2, 0.25) is 0 Å². The van der Waals surface area contributed by atoms with Crippen LogP contribution in [0.1, 0.15) is 11.4 Å². The first-order valence-electron chi connectivity index (χ1n) is 10.00. The molecule has 0 spiro atoms. The Morgan fingerprint density at radius 3 is 2.53 bits per heavy atom. The lowest BCUT2D eigenvalue weighted by Crippen LogP contribution is -2.07. The second-order valence-electron chi connectivity index (χ2n) is 7.29. The Bertz CT molecular complexity index is 1570. The van der Waals surface area contributed by atoms with Gasteiger partial charge in [0.15, 0.2) is 28.1 Å². The lowest BCUT2D eigenvalue weighted by Gasteiger charge is -2.07. The average Bonchev–Trinajstić information content (AvgIpc) is 3.44. The molecule has 0 aliphatic heterocycles. The van der Waals surface area contributed by atoms with Crippen LogP contribution in [-0.2, 0) is 13.1 Å². The molecule has 9 nitrogen and oxygen atoms in total. The van der Waals surface area contributed by atoms with Crippen LogP contribution >= 0.6 is 11.6 Å². The number of rotatable bonds is 5. The van der Waals surface area contributed by atoms with Crippen LogP contribution in [0, 0.1) is 0 Å². The molecular weight excluding hydrogens is 426 g/mol. The second-order valence-corrected chi connectivity index (χ2v) is 7.65. The van der Waals surface area contributed by atoms with E-state index in [2.05, 4.69) is 47.7 Å². The molecular formula is C22H16ClN9. The Labute approximate surface area is 186 Å². The van der Waals surface area contributed by atoms with Gasteiger partial charge in [-0.2, -0.15) is 9.61 Å². The number of aromatic nitrogens is 8. The maximum atomic E-state index is 6.41. The van der Waals surface area contributed by atoms with Gasteiger partial charge in [0.1, 0.15) is 11.8 Å². The standard InChI is InChI=1S/C22H16ClN9/c23-19-15-8-4-5-9-16(15)21-29-28-17(32(21)30-19)11-31-13-27-18-20(25-12-26-22(18)31)24-10-14-6-2-1-3-7-14/h1-9,12-13H,10-11H2,(H,24,25,26). The van der Waals surface area contributed by atoms with Gasteiger partial charge in [0, 0.05) is 17.3 Å². The molecule has 4 aromatic heterocycles. The minimum atomic E-state index is 0.383. The lowest BCUT2D eigenvalue weighted by atomic mass is 10.2. The monoisotopic (exact) mass is 441 g/mol. The summed E-state index contributed by atoms with van der Waals surface area (Å²) < 4.78 is 3.57. The molecule has 4 heterocycles. The van der Waals surface area contributed by atoms with Crippen molar-refractivity contribution in [3.05, 3.63) is 83.8 Å². The molecule has 0 atom stereocenters. The highest BCUT2D eigenvalue weighted by Crippen LogP contribution is 2.25. The fraction of sp³-hybridized carbons (Fsp3) is 0.0909. The Balaban J connectivity index is 1.35. The highest BCUT2D eigenvalue weighted by Gasteiger charge is 2.16. The molecule has 0 amide bonds. The molecule has 0 radical (unpaired) electrons. The molecule has 0 aliphatic carbocycles. The summed E-state index contributed by atoms with van der Waals surface area (Å²) in [6, 6.07) is 17.9. The summed E-state index contributed by atoms with van der Waals surface area (Å²) in [6.07, 6.45) is 3.25. The molecule has 0 saturated heterocycles. The van der Waals surface area contributed by atoms with E-state index in [4.69, 9.17) is 11.6 Å². The van der Waals surface area contributed by atoms with E-state index in [0.29, 0.717) is 46.7 Å². The maximum Gasteiger partial charge on any atom is 0.185 e. The first kappa shape index (κ1) is 18.6. The van der Waals surface area contributed by atoms with Crippen molar-refractivity contribution in [1.29, 1.82) is 0 Å². The molecule has 6 aromatic rings. The van der Waals surface area contributed by atoms with Crippen LogP contribution < -0.4 is 5.32 Å². The van der Waals surface area contributed by atoms with Gasteiger partial charge in [-0.1, -0.05) is 66.2 Å². The number of hydrogen-bond donors (Lipinski definition) is 1. The fourth-order valence-electron chi connectivity index (χ4n) is 3.74. The van der Waals surface area contributed by atoms with Crippen molar-refractivity contribution in [2.75, 3.05) is 5.32 Å². The molecule has 32 heavy (non-hydrogen) atoms. The Morgan fingerprint density at radius 1 is 0.844 bits per heavy atom. The predicted octanol–water partition coefficient (Wildman–Crippen LogP) is 3.73. The smallest absolute Gasteiger partial charge is 0.185 e. The van der Waals surface area contributed by atoms with Gasteiger partial charge in [0.05, 0.1) is 12.9 Å². The summed E-state index contributed by atoms with van der Waals surface area (Å²) in [5.41, 5.74) is 3.20. The van der Waals surface area contributed by atoms with Crippen molar-refractivity contribution in [1.82, 2.24) is 39.3 Å². The van der Waals surface area contributed by atoms with Crippen LogP contribution in [0.25, 0.3) is 27.6 Å². The van der Waals surface area contributed by atoms with Gasteiger partial charge in [-0.15, -0.1) is 10.2 Å². The van der Waals surface area contributed by atoms with Crippen molar-refractivity contribution in [3.8, 4) is 0 Å². The number of nitrogens with one attached hydrogen (secondary N) is 1. The van der Waals surface area contributed by atoms with Gasteiger partial charge in [-0.25, -0.2) is 15.0 Å². The third-order valence-electron chi connectivity index (χ3n) is 5.30. The minimum Gasteiger partial charge on any atom is -0.364 e. The molecule has 1 N–H and O–H groups in total. The predicted molar refractivity (Wildman–Crippen MR) is 121 cm³/mol. The maximum absolute atomic E-state index is 6.41. The van der Waals surface area contributed by atoms with Gasteiger partial charge < -0.3 is 9.88 Å². The van der Waals surface area contributed by atoms with Crippen LogP contribution in [0.2, 0.25) is 5.15 Å². The van der Waals surface area contributed by atoms with Crippen molar-refractivity contribution in [2.24, 2.45) is 0 Å². The molecule has 10 heteroatoms. The summed E-state index contributed by atoms with van der Waals surface area (Å²) in [5, 5.41) is 18.7. The molecule has 2 aromatic carbocycles. The molecule has 0 fully saturated rings. The van der Waals surface area contributed by atoms with Crippen molar-refractivity contribution < 1.29 is 0 Å². The summed E-state index contributed by atoms with van der Waals surface area (Å²) in [4.78, 5) is 13.3. The normalized spacial score (nSPS) is 11.5. The first-order chi connectivity index (χ1) is 15.8.